The Morgan fingerprint density at radius 2 is 1.50 bits per heavy atom. The maximum atomic E-state index is 12.2. The van der Waals surface area contributed by atoms with E-state index >= 15 is 0 Å². The molecule has 0 aromatic heterocycles. The third-order valence-corrected chi connectivity index (χ3v) is 4.29. The van der Waals surface area contributed by atoms with Crippen molar-refractivity contribution in [3.05, 3.63) is 65.2 Å². The molecule has 1 aliphatic heterocycles. The van der Waals surface area contributed by atoms with Gasteiger partial charge in [-0.1, -0.05) is 12.1 Å². The number of Topliss-reactive ketones (excluding diaryl/α,β-unsaturated/α-hetero) is 1. The Morgan fingerprint density at radius 3 is 2.07 bits per heavy atom. The van der Waals surface area contributed by atoms with Gasteiger partial charge in [0.1, 0.15) is 12.4 Å². The summed E-state index contributed by atoms with van der Waals surface area (Å²) in [6, 6.07) is 13.2. The number of carbonyl (C=O) groups excluding carboxylic acids is 4. The summed E-state index contributed by atoms with van der Waals surface area (Å²) in [7, 11) is 0. The van der Waals surface area contributed by atoms with Crippen LogP contribution in [0.15, 0.2) is 48.5 Å². The molecule has 2 aromatic rings. The first kappa shape index (κ1) is 19.3. The second kappa shape index (κ2) is 8.47. The summed E-state index contributed by atoms with van der Waals surface area (Å²) in [5.41, 5.74) is 1.31. The quantitative estimate of drug-likeness (QED) is 0.396. The molecular weight excluding hydrogens is 362 g/mol. The molecule has 7 nitrogen and oxygen atoms in total. The van der Waals surface area contributed by atoms with Gasteiger partial charge in [0, 0.05) is 5.56 Å². The van der Waals surface area contributed by atoms with Crippen molar-refractivity contribution in [2.75, 3.05) is 19.8 Å². The highest BCUT2D eigenvalue weighted by molar-refractivity contribution is 6.21. The van der Waals surface area contributed by atoms with Crippen LogP contribution < -0.4 is 4.74 Å². The van der Waals surface area contributed by atoms with Crippen LogP contribution in [0.5, 0.6) is 5.75 Å². The van der Waals surface area contributed by atoms with E-state index in [1.54, 1.807) is 48.5 Å². The summed E-state index contributed by atoms with van der Waals surface area (Å²) in [6.07, 6.45) is 0.0244. The van der Waals surface area contributed by atoms with Crippen LogP contribution in [-0.4, -0.2) is 48.2 Å². The van der Waals surface area contributed by atoms with Gasteiger partial charge in [-0.2, -0.15) is 0 Å². The van der Waals surface area contributed by atoms with E-state index in [-0.39, 0.29) is 43.8 Å². The normalized spacial score (nSPS) is 12.7. The second-order valence-corrected chi connectivity index (χ2v) is 6.21. The molecule has 0 unspecified atom stereocenters. The molecule has 0 radical (unpaired) electrons. The number of fused-ring (bicyclic) bond motifs is 1. The standard InChI is InChI=1S/C21H19NO6/c1-14(23)15-6-8-16(9-7-15)27-12-10-19(24)28-13-11-22-20(25)17-4-2-3-5-18(17)21(22)26/h2-9H,10-13H2,1H3. The summed E-state index contributed by atoms with van der Waals surface area (Å²) in [6.45, 7) is 1.53. The molecule has 0 N–H and O–H groups in total. The topological polar surface area (TPSA) is 90.0 Å². The molecule has 0 aliphatic carbocycles. The lowest BCUT2D eigenvalue weighted by Crippen LogP contribution is -2.33. The van der Waals surface area contributed by atoms with Crippen molar-refractivity contribution in [2.45, 2.75) is 13.3 Å². The predicted octanol–water partition coefficient (Wildman–Crippen LogP) is 2.50. The van der Waals surface area contributed by atoms with Crippen molar-refractivity contribution >= 4 is 23.6 Å². The number of esters is 1. The lowest BCUT2D eigenvalue weighted by molar-refractivity contribution is -0.144. The van der Waals surface area contributed by atoms with Crippen molar-refractivity contribution in [3.63, 3.8) is 0 Å². The fourth-order valence-electron chi connectivity index (χ4n) is 2.80. The Hall–Kier alpha value is -3.48. The Bertz CT molecular complexity index is 884. The molecule has 0 bridgehead atoms. The molecular formula is C21H19NO6. The van der Waals surface area contributed by atoms with E-state index in [4.69, 9.17) is 9.47 Å². The summed E-state index contributed by atoms with van der Waals surface area (Å²) in [4.78, 5) is 48.5. The SMILES string of the molecule is CC(=O)c1ccc(OCCC(=O)OCCN2C(=O)c3ccccc3C2=O)cc1. The smallest absolute Gasteiger partial charge is 0.309 e. The van der Waals surface area contributed by atoms with Crippen molar-refractivity contribution in [2.24, 2.45) is 0 Å². The van der Waals surface area contributed by atoms with Gasteiger partial charge in [0.15, 0.2) is 5.78 Å². The molecule has 1 heterocycles. The van der Waals surface area contributed by atoms with Crippen LogP contribution in [0.4, 0.5) is 0 Å². The van der Waals surface area contributed by atoms with E-state index in [2.05, 4.69) is 0 Å². The Labute approximate surface area is 161 Å². The molecule has 0 saturated carbocycles. The summed E-state index contributed by atoms with van der Waals surface area (Å²) < 4.78 is 10.5. The largest absolute Gasteiger partial charge is 0.493 e. The van der Waals surface area contributed by atoms with E-state index < -0.39 is 5.97 Å². The van der Waals surface area contributed by atoms with E-state index in [0.29, 0.717) is 22.4 Å². The maximum Gasteiger partial charge on any atom is 0.309 e. The molecule has 1 aliphatic rings. The van der Waals surface area contributed by atoms with Crippen LogP contribution in [0.2, 0.25) is 0 Å². The average Bonchev–Trinajstić information content (AvgIpc) is 2.93. The molecule has 0 spiro atoms. The molecule has 0 atom stereocenters. The molecule has 0 saturated heterocycles. The van der Waals surface area contributed by atoms with Gasteiger partial charge in [0.25, 0.3) is 11.8 Å². The van der Waals surface area contributed by atoms with E-state index in [0.717, 1.165) is 4.90 Å². The van der Waals surface area contributed by atoms with E-state index in [1.165, 1.54) is 6.92 Å². The number of amides is 2. The van der Waals surface area contributed by atoms with Gasteiger partial charge >= 0.3 is 5.97 Å². The minimum absolute atomic E-state index is 0.00541. The molecule has 144 valence electrons. The Morgan fingerprint density at radius 1 is 0.893 bits per heavy atom. The zero-order valence-electron chi connectivity index (χ0n) is 15.3. The molecule has 0 fully saturated rings. The van der Waals surface area contributed by atoms with E-state index in [1.807, 2.05) is 0 Å². The van der Waals surface area contributed by atoms with Crippen molar-refractivity contribution in [1.82, 2.24) is 4.90 Å². The fraction of sp³-hybridized carbons (Fsp3) is 0.238. The highest BCUT2D eigenvalue weighted by Gasteiger charge is 2.34. The van der Waals surface area contributed by atoms with E-state index in [9.17, 15) is 19.2 Å². The number of imide groups is 1. The highest BCUT2D eigenvalue weighted by Crippen LogP contribution is 2.21. The fourth-order valence-corrected chi connectivity index (χ4v) is 2.80. The second-order valence-electron chi connectivity index (χ2n) is 6.21. The van der Waals surface area contributed by atoms with Crippen LogP contribution >= 0.6 is 0 Å². The number of benzene rings is 2. The minimum Gasteiger partial charge on any atom is -0.493 e. The van der Waals surface area contributed by atoms with Crippen molar-refractivity contribution in [3.8, 4) is 5.75 Å². The lowest BCUT2D eigenvalue weighted by atomic mass is 10.1. The maximum absolute atomic E-state index is 12.2. The van der Waals surface area contributed by atoms with Crippen LogP contribution in [-0.2, 0) is 9.53 Å². The first-order valence-electron chi connectivity index (χ1n) is 8.82. The van der Waals surface area contributed by atoms with Crippen molar-refractivity contribution in [1.29, 1.82) is 0 Å². The Balaban J connectivity index is 1.39. The van der Waals surface area contributed by atoms with Gasteiger partial charge in [-0.25, -0.2) is 0 Å². The number of hydrogen-bond donors (Lipinski definition) is 0. The molecule has 7 heteroatoms. The van der Waals surface area contributed by atoms with Crippen LogP contribution in [0, 0.1) is 0 Å². The summed E-state index contributed by atoms with van der Waals surface area (Å²) in [5.74, 6) is -0.739. The summed E-state index contributed by atoms with van der Waals surface area (Å²) >= 11 is 0. The number of carbonyl (C=O) groups is 4. The van der Waals surface area contributed by atoms with Crippen LogP contribution in [0.25, 0.3) is 0 Å². The van der Waals surface area contributed by atoms with Crippen molar-refractivity contribution < 1.29 is 28.7 Å². The highest BCUT2D eigenvalue weighted by atomic mass is 16.5. The zero-order chi connectivity index (χ0) is 20.1. The Kier molecular flexibility index (Phi) is 5.84. The first-order valence-corrected chi connectivity index (χ1v) is 8.82. The molecule has 2 aromatic carbocycles. The monoisotopic (exact) mass is 381 g/mol. The number of nitrogens with zero attached hydrogens (tertiary/aromatic N) is 1. The molecule has 28 heavy (non-hydrogen) atoms. The number of hydrogen-bond acceptors (Lipinski definition) is 6. The number of ketones is 1. The van der Waals surface area contributed by atoms with Gasteiger partial charge in [0.05, 0.1) is 30.7 Å². The number of ether oxygens (including phenoxy) is 2. The first-order chi connectivity index (χ1) is 13.5. The predicted molar refractivity (Wildman–Crippen MR) is 99.3 cm³/mol. The van der Waals surface area contributed by atoms with Gasteiger partial charge in [-0.15, -0.1) is 0 Å². The van der Waals surface area contributed by atoms with Gasteiger partial charge in [-0.05, 0) is 43.3 Å². The van der Waals surface area contributed by atoms with Gasteiger partial charge in [-0.3, -0.25) is 24.1 Å². The lowest BCUT2D eigenvalue weighted by Gasteiger charge is -2.13. The third kappa shape index (κ3) is 4.25. The van der Waals surface area contributed by atoms with Gasteiger partial charge < -0.3 is 9.47 Å². The average molecular weight is 381 g/mol. The summed E-state index contributed by atoms with van der Waals surface area (Å²) in [5, 5.41) is 0. The van der Waals surface area contributed by atoms with Gasteiger partial charge in [0.2, 0.25) is 0 Å². The number of rotatable bonds is 8. The third-order valence-electron chi connectivity index (χ3n) is 4.29. The molecule has 2 amide bonds. The van der Waals surface area contributed by atoms with Crippen LogP contribution in [0.1, 0.15) is 44.4 Å². The molecule has 3 rings (SSSR count). The minimum atomic E-state index is -0.489. The van der Waals surface area contributed by atoms with Crippen LogP contribution in [0.3, 0.4) is 0 Å². The zero-order valence-corrected chi connectivity index (χ0v) is 15.3.